The quantitative estimate of drug-likeness (QED) is 0.270. The molecule has 1 unspecified atom stereocenters. The van der Waals surface area contributed by atoms with Gasteiger partial charge >= 0.3 is 0 Å². The molecule has 2 N–H and O–H groups in total. The van der Waals surface area contributed by atoms with Crippen LogP contribution in [0.3, 0.4) is 0 Å². The molecule has 0 radical (unpaired) electrons. The number of alkyl halides is 1. The number of benzene rings is 2. The third-order valence-corrected chi connectivity index (χ3v) is 5.68. The van der Waals surface area contributed by atoms with Crippen LogP contribution in [0.5, 0.6) is 5.75 Å². The van der Waals surface area contributed by atoms with Crippen LogP contribution in [0, 0.1) is 0 Å². The molecule has 2 aromatic carbocycles. The van der Waals surface area contributed by atoms with Gasteiger partial charge in [0.25, 0.3) is 11.5 Å². The number of pyridine rings is 1. The highest BCUT2D eigenvalue weighted by molar-refractivity contribution is 14.1. The number of aromatic nitrogens is 1. The highest BCUT2D eigenvalue weighted by atomic mass is 127. The number of hydrogen-bond donors (Lipinski definition) is 2. The molecule has 0 aliphatic heterocycles. The number of fused-ring (bicyclic) bond motifs is 1. The molecule has 9 heteroatoms. The third-order valence-electron chi connectivity index (χ3n) is 5.24. The number of carbonyl (C=O) groups is 3. The molecule has 3 rings (SSSR count). The zero-order chi connectivity index (χ0) is 24.4. The van der Waals surface area contributed by atoms with Crippen molar-refractivity contribution in [2.75, 3.05) is 17.3 Å². The lowest BCUT2D eigenvalue weighted by Gasteiger charge is -2.21. The number of hydrogen-bond acceptors (Lipinski definition) is 5. The highest BCUT2D eigenvalue weighted by Crippen LogP contribution is 2.31. The minimum absolute atomic E-state index is 0.110. The van der Waals surface area contributed by atoms with Crippen LogP contribution in [0.4, 0.5) is 11.4 Å². The van der Waals surface area contributed by atoms with E-state index in [9.17, 15) is 24.3 Å². The number of nitrogens with one attached hydrogen (secondary N) is 1. The number of carbonyl (C=O) groups excluding carboxylic acids is 3. The molecule has 0 saturated heterocycles. The molecule has 0 spiro atoms. The second-order valence-electron chi connectivity index (χ2n) is 7.79. The number of ketones is 1. The summed E-state index contributed by atoms with van der Waals surface area (Å²) < 4.78 is 1.38. The summed E-state index contributed by atoms with van der Waals surface area (Å²) in [6, 6.07) is 11.4. The Morgan fingerprint density at radius 1 is 1.18 bits per heavy atom. The number of rotatable bonds is 6. The van der Waals surface area contributed by atoms with Gasteiger partial charge in [-0.1, -0.05) is 41.6 Å². The Kier molecular flexibility index (Phi) is 7.21. The number of halogens is 1. The number of nitrogens with zero attached hydrogens (tertiary/aromatic N) is 2. The van der Waals surface area contributed by atoms with Gasteiger partial charge in [0.1, 0.15) is 11.3 Å². The summed E-state index contributed by atoms with van der Waals surface area (Å²) in [7, 11) is 2.96. The van der Waals surface area contributed by atoms with E-state index in [1.165, 1.54) is 36.6 Å². The zero-order valence-corrected chi connectivity index (χ0v) is 20.8. The van der Waals surface area contributed by atoms with Gasteiger partial charge in [0, 0.05) is 48.0 Å². The average molecular weight is 561 g/mol. The number of Topliss-reactive ketones (excluding diaryl/α,β-unsaturated/α-hetero) is 1. The number of amides is 2. The number of aryl methyl sites for hydroxylation is 1. The molecule has 1 aromatic heterocycles. The molecule has 1 atom stereocenters. The Bertz CT molecular complexity index is 1330. The van der Waals surface area contributed by atoms with Crippen LogP contribution in [0.1, 0.15) is 41.0 Å². The molecular weight excluding hydrogens is 537 g/mol. The summed E-state index contributed by atoms with van der Waals surface area (Å²) in [4.78, 5) is 51.8. The van der Waals surface area contributed by atoms with Crippen molar-refractivity contribution in [2.45, 2.75) is 24.2 Å². The summed E-state index contributed by atoms with van der Waals surface area (Å²) in [5, 5.41) is 13.8. The first-order valence-electron chi connectivity index (χ1n) is 10.2. The third kappa shape index (κ3) is 4.92. The van der Waals surface area contributed by atoms with Gasteiger partial charge in [-0.25, -0.2) is 0 Å². The molecule has 0 saturated carbocycles. The number of para-hydroxylation sites is 1. The van der Waals surface area contributed by atoms with Crippen molar-refractivity contribution in [3.8, 4) is 5.75 Å². The summed E-state index contributed by atoms with van der Waals surface area (Å²) in [6.45, 7) is 3.27. The molecule has 1 heterocycles. The molecule has 3 aromatic rings. The first-order valence-corrected chi connectivity index (χ1v) is 11.4. The minimum atomic E-state index is -0.747. The lowest BCUT2D eigenvalue weighted by Crippen LogP contribution is -2.35. The first kappa shape index (κ1) is 24.4. The molecule has 0 aliphatic carbocycles. The van der Waals surface area contributed by atoms with E-state index in [0.717, 1.165) is 0 Å². The summed E-state index contributed by atoms with van der Waals surface area (Å²) >= 11 is 2.16. The Balaban J connectivity index is 2.14. The maximum atomic E-state index is 13.4. The van der Waals surface area contributed by atoms with Crippen molar-refractivity contribution in [3.63, 3.8) is 0 Å². The zero-order valence-electron chi connectivity index (χ0n) is 18.7. The molecule has 33 heavy (non-hydrogen) atoms. The van der Waals surface area contributed by atoms with Crippen molar-refractivity contribution in [3.05, 3.63) is 63.9 Å². The predicted molar refractivity (Wildman–Crippen MR) is 137 cm³/mol. The van der Waals surface area contributed by atoms with Crippen LogP contribution >= 0.6 is 22.6 Å². The Morgan fingerprint density at radius 3 is 2.48 bits per heavy atom. The van der Waals surface area contributed by atoms with Crippen LogP contribution in [0.25, 0.3) is 10.9 Å². The number of anilines is 2. The van der Waals surface area contributed by atoms with E-state index in [-0.39, 0.29) is 21.0 Å². The lowest BCUT2D eigenvalue weighted by molar-refractivity contribution is -0.114. The minimum Gasteiger partial charge on any atom is -0.506 e. The maximum Gasteiger partial charge on any atom is 0.267 e. The van der Waals surface area contributed by atoms with E-state index >= 15 is 0 Å². The average Bonchev–Trinajstić information content (AvgIpc) is 2.76. The van der Waals surface area contributed by atoms with E-state index in [0.29, 0.717) is 28.9 Å². The van der Waals surface area contributed by atoms with Crippen LogP contribution in [0.2, 0.25) is 0 Å². The summed E-state index contributed by atoms with van der Waals surface area (Å²) in [5.74, 6) is -1.65. The van der Waals surface area contributed by atoms with Crippen molar-refractivity contribution in [2.24, 2.45) is 7.05 Å². The molecule has 0 aliphatic rings. The molecular formula is C24H24IN3O5. The van der Waals surface area contributed by atoms with Gasteiger partial charge < -0.3 is 19.9 Å². The fraction of sp³-hybridized carbons (Fsp3) is 0.250. The summed E-state index contributed by atoms with van der Waals surface area (Å²) in [6.07, 6.45) is 0.300. The summed E-state index contributed by atoms with van der Waals surface area (Å²) in [5.41, 5.74) is 0.433. The second kappa shape index (κ2) is 9.74. The van der Waals surface area contributed by atoms with Gasteiger partial charge in [-0.15, -0.1) is 0 Å². The SMILES string of the molecule is CC(=O)Nc1ccc2c(c1)c(O)c(C(=O)N(C)c1ccccc1C(=O)CC(C)I)c(=O)n2C. The first-order chi connectivity index (χ1) is 15.5. The van der Waals surface area contributed by atoms with Crippen molar-refractivity contribution in [1.82, 2.24) is 4.57 Å². The topological polar surface area (TPSA) is 109 Å². The van der Waals surface area contributed by atoms with Gasteiger partial charge in [-0.3, -0.25) is 19.2 Å². The van der Waals surface area contributed by atoms with E-state index in [1.54, 1.807) is 36.4 Å². The van der Waals surface area contributed by atoms with E-state index in [2.05, 4.69) is 27.9 Å². The molecule has 172 valence electrons. The van der Waals surface area contributed by atoms with Crippen LogP contribution in [-0.4, -0.2) is 38.2 Å². The normalized spacial score (nSPS) is 11.8. The highest BCUT2D eigenvalue weighted by Gasteiger charge is 2.27. The fourth-order valence-corrected chi connectivity index (χ4v) is 4.05. The maximum absolute atomic E-state index is 13.4. The molecule has 8 nitrogen and oxygen atoms in total. The number of aromatic hydroxyl groups is 1. The van der Waals surface area contributed by atoms with Gasteiger partial charge in [-0.05, 0) is 30.3 Å². The molecule has 2 amide bonds. The standard InChI is InChI=1S/C24H24IN3O5/c1-13(25)11-20(30)16-7-5-6-8-18(16)27(3)23(32)21-22(31)17-12-15(26-14(2)29)9-10-19(17)28(4)24(21)33/h5-10,12-13,31H,11H2,1-4H3,(H,26,29). The van der Waals surface area contributed by atoms with Crippen molar-refractivity contribution < 1.29 is 19.5 Å². The van der Waals surface area contributed by atoms with Crippen LogP contribution in [0.15, 0.2) is 47.3 Å². The van der Waals surface area contributed by atoms with Crippen molar-refractivity contribution >= 4 is 62.5 Å². The van der Waals surface area contributed by atoms with Gasteiger partial charge in [0.15, 0.2) is 5.78 Å². The second-order valence-corrected chi connectivity index (χ2v) is 9.92. The smallest absolute Gasteiger partial charge is 0.267 e. The molecule has 0 bridgehead atoms. The van der Waals surface area contributed by atoms with Crippen molar-refractivity contribution in [1.29, 1.82) is 0 Å². The van der Waals surface area contributed by atoms with Gasteiger partial charge in [-0.2, -0.15) is 0 Å². The van der Waals surface area contributed by atoms with E-state index in [1.807, 2.05) is 6.92 Å². The lowest BCUT2D eigenvalue weighted by atomic mass is 10.0. The predicted octanol–water partition coefficient (Wildman–Crippen LogP) is 3.88. The fourth-order valence-electron chi connectivity index (χ4n) is 3.65. The van der Waals surface area contributed by atoms with Gasteiger partial charge in [0.05, 0.1) is 11.2 Å². The molecule has 0 fully saturated rings. The van der Waals surface area contributed by atoms with E-state index in [4.69, 9.17) is 0 Å². The van der Waals surface area contributed by atoms with Crippen LogP contribution < -0.4 is 15.8 Å². The monoisotopic (exact) mass is 561 g/mol. The Labute approximate surface area is 204 Å². The van der Waals surface area contributed by atoms with E-state index < -0.39 is 22.8 Å². The van der Waals surface area contributed by atoms with Gasteiger partial charge in [0.2, 0.25) is 5.91 Å². The Hall–Kier alpha value is -3.21. The Morgan fingerprint density at radius 2 is 1.85 bits per heavy atom. The van der Waals surface area contributed by atoms with Crippen LogP contribution in [-0.2, 0) is 11.8 Å². The largest absolute Gasteiger partial charge is 0.506 e.